The van der Waals surface area contributed by atoms with Gasteiger partial charge in [-0.05, 0) is 37.2 Å². The van der Waals surface area contributed by atoms with E-state index in [9.17, 15) is 9.18 Å². The molecule has 1 amide bonds. The summed E-state index contributed by atoms with van der Waals surface area (Å²) in [4.78, 5) is 20.4. The third kappa shape index (κ3) is 5.00. The molecule has 0 spiro atoms. The Kier molecular flexibility index (Phi) is 5.95. The monoisotopic (exact) mass is 342 g/mol. The number of nitrogens with zero attached hydrogens (tertiary/aromatic N) is 3. The molecule has 0 unspecified atom stereocenters. The first-order valence-corrected chi connectivity index (χ1v) is 8.65. The van der Waals surface area contributed by atoms with Crippen molar-refractivity contribution in [3.63, 3.8) is 0 Å². The summed E-state index contributed by atoms with van der Waals surface area (Å²) in [5.41, 5.74) is 0.693. The first kappa shape index (κ1) is 17.4. The van der Waals surface area contributed by atoms with E-state index in [1.807, 2.05) is 36.4 Å². The van der Waals surface area contributed by atoms with Gasteiger partial charge in [-0.2, -0.15) is 4.39 Å². The van der Waals surface area contributed by atoms with Crippen molar-refractivity contribution < 1.29 is 9.18 Å². The van der Waals surface area contributed by atoms with E-state index in [-0.39, 0.29) is 5.91 Å². The van der Waals surface area contributed by atoms with E-state index in [0.717, 1.165) is 39.1 Å². The largest absolute Gasteiger partial charge is 0.354 e. The SMILES string of the molecule is O=C(NCCCN1CCN(c2cccc(F)n2)CC1)c1ccccc1. The van der Waals surface area contributed by atoms with Crippen LogP contribution in [0, 0.1) is 5.95 Å². The number of pyridine rings is 1. The van der Waals surface area contributed by atoms with Gasteiger partial charge < -0.3 is 10.2 Å². The molecule has 0 saturated carbocycles. The van der Waals surface area contributed by atoms with E-state index >= 15 is 0 Å². The second-order valence-electron chi connectivity index (χ2n) is 6.12. The molecule has 1 aromatic carbocycles. The van der Waals surface area contributed by atoms with E-state index in [0.29, 0.717) is 17.9 Å². The zero-order valence-corrected chi connectivity index (χ0v) is 14.2. The minimum absolute atomic E-state index is 0.0254. The molecule has 1 aliphatic heterocycles. The fourth-order valence-corrected chi connectivity index (χ4v) is 2.97. The van der Waals surface area contributed by atoms with Crippen LogP contribution in [-0.2, 0) is 0 Å². The van der Waals surface area contributed by atoms with E-state index in [2.05, 4.69) is 20.1 Å². The van der Waals surface area contributed by atoms with E-state index in [1.165, 1.54) is 6.07 Å². The average molecular weight is 342 g/mol. The van der Waals surface area contributed by atoms with Crippen molar-refractivity contribution in [3.05, 3.63) is 60.0 Å². The number of piperazine rings is 1. The zero-order chi connectivity index (χ0) is 17.5. The molecular formula is C19H23FN4O. The Morgan fingerprint density at radius 2 is 1.80 bits per heavy atom. The molecule has 1 fully saturated rings. The van der Waals surface area contributed by atoms with Crippen molar-refractivity contribution in [2.45, 2.75) is 6.42 Å². The number of hydrogen-bond donors (Lipinski definition) is 1. The van der Waals surface area contributed by atoms with Crippen LogP contribution in [0.1, 0.15) is 16.8 Å². The van der Waals surface area contributed by atoms with Crippen molar-refractivity contribution in [3.8, 4) is 0 Å². The van der Waals surface area contributed by atoms with Crippen molar-refractivity contribution in [1.29, 1.82) is 0 Å². The Morgan fingerprint density at radius 3 is 2.52 bits per heavy atom. The summed E-state index contributed by atoms with van der Waals surface area (Å²) < 4.78 is 13.2. The summed E-state index contributed by atoms with van der Waals surface area (Å²) in [6.45, 7) is 5.13. The fraction of sp³-hybridized carbons (Fsp3) is 0.368. The van der Waals surface area contributed by atoms with Crippen LogP contribution in [0.5, 0.6) is 0 Å². The van der Waals surface area contributed by atoms with Gasteiger partial charge in [0.25, 0.3) is 5.91 Å². The van der Waals surface area contributed by atoms with Crippen LogP contribution in [-0.4, -0.2) is 55.1 Å². The molecule has 5 nitrogen and oxygen atoms in total. The van der Waals surface area contributed by atoms with Gasteiger partial charge in [-0.25, -0.2) is 4.98 Å². The molecule has 3 rings (SSSR count). The maximum absolute atomic E-state index is 13.2. The molecule has 2 heterocycles. The normalized spacial score (nSPS) is 15.2. The number of carbonyl (C=O) groups excluding carboxylic acids is 1. The van der Waals surface area contributed by atoms with Gasteiger partial charge >= 0.3 is 0 Å². The van der Waals surface area contributed by atoms with Crippen LogP contribution >= 0.6 is 0 Å². The summed E-state index contributed by atoms with van der Waals surface area (Å²) in [6.07, 6.45) is 0.913. The van der Waals surface area contributed by atoms with Gasteiger partial charge in [0, 0.05) is 38.3 Å². The van der Waals surface area contributed by atoms with E-state index < -0.39 is 5.95 Å². The standard InChI is InChI=1S/C19H23FN4O/c20-17-8-4-9-18(22-17)24-14-12-23(13-15-24)11-5-10-21-19(25)16-6-2-1-3-7-16/h1-4,6-9H,5,10-15H2,(H,21,25). The van der Waals surface area contributed by atoms with Gasteiger partial charge in [0.15, 0.2) is 0 Å². The van der Waals surface area contributed by atoms with Gasteiger partial charge in [0.1, 0.15) is 5.82 Å². The molecule has 1 aromatic heterocycles. The Balaban J connectivity index is 1.35. The molecule has 2 aromatic rings. The Morgan fingerprint density at radius 1 is 1.04 bits per heavy atom. The Bertz CT molecular complexity index is 687. The number of rotatable bonds is 6. The van der Waals surface area contributed by atoms with Crippen LogP contribution in [0.2, 0.25) is 0 Å². The van der Waals surface area contributed by atoms with Crippen LogP contribution < -0.4 is 10.2 Å². The number of carbonyl (C=O) groups is 1. The molecule has 25 heavy (non-hydrogen) atoms. The lowest BCUT2D eigenvalue weighted by atomic mass is 10.2. The van der Waals surface area contributed by atoms with Crippen molar-refractivity contribution in [2.24, 2.45) is 0 Å². The van der Waals surface area contributed by atoms with Gasteiger partial charge in [0.05, 0.1) is 0 Å². The number of aromatic nitrogens is 1. The molecule has 1 aliphatic rings. The highest BCUT2D eigenvalue weighted by Gasteiger charge is 2.17. The first-order chi connectivity index (χ1) is 12.2. The van der Waals surface area contributed by atoms with E-state index in [1.54, 1.807) is 6.07 Å². The van der Waals surface area contributed by atoms with E-state index in [4.69, 9.17) is 0 Å². The molecule has 0 atom stereocenters. The van der Waals surface area contributed by atoms with Crippen LogP contribution in [0.4, 0.5) is 10.2 Å². The van der Waals surface area contributed by atoms with Crippen molar-refractivity contribution >= 4 is 11.7 Å². The predicted octanol–water partition coefficient (Wildman–Crippen LogP) is 2.16. The highest BCUT2D eigenvalue weighted by Crippen LogP contribution is 2.13. The number of amides is 1. The predicted molar refractivity (Wildman–Crippen MR) is 96.2 cm³/mol. The lowest BCUT2D eigenvalue weighted by Crippen LogP contribution is -2.47. The third-order valence-electron chi connectivity index (χ3n) is 4.37. The van der Waals surface area contributed by atoms with Gasteiger partial charge in [-0.3, -0.25) is 9.69 Å². The number of benzene rings is 1. The fourth-order valence-electron chi connectivity index (χ4n) is 2.97. The molecule has 0 aliphatic carbocycles. The maximum atomic E-state index is 13.2. The summed E-state index contributed by atoms with van der Waals surface area (Å²) >= 11 is 0. The van der Waals surface area contributed by atoms with Gasteiger partial charge in [-0.15, -0.1) is 0 Å². The summed E-state index contributed by atoms with van der Waals surface area (Å²) in [5, 5.41) is 2.95. The summed E-state index contributed by atoms with van der Waals surface area (Å²) in [5.74, 6) is 0.242. The molecule has 132 valence electrons. The van der Waals surface area contributed by atoms with Gasteiger partial charge in [0.2, 0.25) is 5.95 Å². The molecule has 0 bridgehead atoms. The highest BCUT2D eigenvalue weighted by molar-refractivity contribution is 5.94. The molecule has 6 heteroatoms. The summed E-state index contributed by atoms with van der Waals surface area (Å²) in [6, 6.07) is 14.2. The smallest absolute Gasteiger partial charge is 0.251 e. The molecule has 0 radical (unpaired) electrons. The number of nitrogens with one attached hydrogen (secondary N) is 1. The Hall–Kier alpha value is -2.47. The van der Waals surface area contributed by atoms with Gasteiger partial charge in [-0.1, -0.05) is 24.3 Å². The minimum atomic E-state index is -0.436. The minimum Gasteiger partial charge on any atom is -0.354 e. The highest BCUT2D eigenvalue weighted by atomic mass is 19.1. The number of halogens is 1. The number of anilines is 1. The van der Waals surface area contributed by atoms with Crippen molar-refractivity contribution in [1.82, 2.24) is 15.2 Å². The quantitative estimate of drug-likeness (QED) is 0.646. The third-order valence-corrected chi connectivity index (χ3v) is 4.37. The maximum Gasteiger partial charge on any atom is 0.251 e. The zero-order valence-electron chi connectivity index (χ0n) is 14.2. The number of hydrogen-bond acceptors (Lipinski definition) is 4. The molecule has 1 N–H and O–H groups in total. The average Bonchev–Trinajstić information content (AvgIpc) is 2.66. The molecule has 1 saturated heterocycles. The lowest BCUT2D eigenvalue weighted by Gasteiger charge is -2.35. The van der Waals surface area contributed by atoms with Crippen molar-refractivity contribution in [2.75, 3.05) is 44.2 Å². The topological polar surface area (TPSA) is 48.5 Å². The molecular weight excluding hydrogens is 319 g/mol. The Labute approximate surface area is 147 Å². The van der Waals surface area contributed by atoms with Crippen LogP contribution in [0.25, 0.3) is 0 Å². The first-order valence-electron chi connectivity index (χ1n) is 8.65. The second-order valence-corrected chi connectivity index (χ2v) is 6.12. The second kappa shape index (κ2) is 8.58. The summed E-state index contributed by atoms with van der Waals surface area (Å²) in [7, 11) is 0. The lowest BCUT2D eigenvalue weighted by molar-refractivity contribution is 0.0951. The van der Waals surface area contributed by atoms with Crippen LogP contribution in [0.15, 0.2) is 48.5 Å². The van der Waals surface area contributed by atoms with Crippen LogP contribution in [0.3, 0.4) is 0 Å².